The molecule has 0 radical (unpaired) electrons. The van der Waals surface area contributed by atoms with Gasteiger partial charge in [-0.05, 0) is 41.9 Å². The number of anilines is 3. The highest BCUT2D eigenvalue weighted by molar-refractivity contribution is 6.81. The fourth-order valence-corrected chi connectivity index (χ4v) is 4.43. The first-order chi connectivity index (χ1) is 12.9. The average molecular weight is 341 g/mol. The van der Waals surface area contributed by atoms with Gasteiger partial charge in [-0.1, -0.05) is 61.7 Å². The minimum atomic E-state index is 0.0720. The Morgan fingerprint density at radius 1 is 0.769 bits per heavy atom. The molecule has 3 nitrogen and oxygen atoms in total. The van der Waals surface area contributed by atoms with Gasteiger partial charge in [-0.2, -0.15) is 0 Å². The molecular formula is C22H24BN3. The maximum absolute atomic E-state index is 3.82. The molecule has 0 atom stereocenters. The van der Waals surface area contributed by atoms with Crippen molar-refractivity contribution < 1.29 is 0 Å². The van der Waals surface area contributed by atoms with Crippen LogP contribution in [0.15, 0.2) is 60.7 Å². The standard InChI is InChI=1S/C22H24BN3/c1-2-10-17(11-3-1)24-19-13-5-4-12-18(19)23-25-20-14-6-8-16-9-7-15-21(26-23)22(16)20/h4-9,12-15,17,24-26H,1-3,10-11H2. The molecule has 3 aromatic rings. The van der Waals surface area contributed by atoms with E-state index in [1.807, 2.05) is 0 Å². The molecule has 1 aliphatic carbocycles. The predicted molar refractivity (Wildman–Crippen MR) is 114 cm³/mol. The van der Waals surface area contributed by atoms with Crippen molar-refractivity contribution in [2.75, 3.05) is 15.8 Å². The fourth-order valence-electron chi connectivity index (χ4n) is 4.43. The normalized spacial score (nSPS) is 16.8. The molecule has 0 amide bonds. The summed E-state index contributed by atoms with van der Waals surface area (Å²) in [5.74, 6) is 0. The van der Waals surface area contributed by atoms with Crippen molar-refractivity contribution in [3.8, 4) is 0 Å². The van der Waals surface area contributed by atoms with Gasteiger partial charge in [0, 0.05) is 28.5 Å². The Hall–Kier alpha value is -2.62. The summed E-state index contributed by atoms with van der Waals surface area (Å²) in [5, 5.41) is 13.8. The first kappa shape index (κ1) is 15.6. The third kappa shape index (κ3) is 2.80. The van der Waals surface area contributed by atoms with Crippen LogP contribution in [-0.4, -0.2) is 13.0 Å². The summed E-state index contributed by atoms with van der Waals surface area (Å²) >= 11 is 0. The van der Waals surface area contributed by atoms with Crippen LogP contribution in [0.1, 0.15) is 32.1 Å². The number of hydrogen-bond donors (Lipinski definition) is 3. The van der Waals surface area contributed by atoms with Crippen LogP contribution in [-0.2, 0) is 0 Å². The minimum Gasteiger partial charge on any atom is -0.405 e. The summed E-state index contributed by atoms with van der Waals surface area (Å²) in [5.41, 5.74) is 4.93. The average Bonchev–Trinajstić information content (AvgIpc) is 2.70. The van der Waals surface area contributed by atoms with Crippen molar-refractivity contribution in [3.63, 3.8) is 0 Å². The van der Waals surface area contributed by atoms with E-state index in [4.69, 9.17) is 0 Å². The van der Waals surface area contributed by atoms with Crippen LogP contribution in [0.4, 0.5) is 17.1 Å². The molecule has 0 saturated heterocycles. The van der Waals surface area contributed by atoms with Crippen LogP contribution in [0.5, 0.6) is 0 Å². The molecule has 3 N–H and O–H groups in total. The van der Waals surface area contributed by atoms with Gasteiger partial charge in [0.05, 0.1) is 0 Å². The van der Waals surface area contributed by atoms with Crippen LogP contribution < -0.4 is 21.2 Å². The van der Waals surface area contributed by atoms with E-state index >= 15 is 0 Å². The van der Waals surface area contributed by atoms with Crippen molar-refractivity contribution in [3.05, 3.63) is 60.7 Å². The van der Waals surface area contributed by atoms with Gasteiger partial charge in [-0.3, -0.25) is 0 Å². The number of hydrogen-bond acceptors (Lipinski definition) is 3. The summed E-state index contributed by atoms with van der Waals surface area (Å²) in [7, 11) is 0. The van der Waals surface area contributed by atoms with Crippen molar-refractivity contribution in [1.29, 1.82) is 0 Å². The molecular weight excluding hydrogens is 317 g/mol. The molecule has 5 rings (SSSR count). The smallest absolute Gasteiger partial charge is 0.405 e. The van der Waals surface area contributed by atoms with Crippen molar-refractivity contribution in [1.82, 2.24) is 0 Å². The van der Waals surface area contributed by atoms with Gasteiger partial charge in [0.25, 0.3) is 0 Å². The molecule has 1 saturated carbocycles. The van der Waals surface area contributed by atoms with Crippen LogP contribution in [0.3, 0.4) is 0 Å². The number of nitrogens with one attached hydrogen (secondary N) is 3. The Kier molecular flexibility index (Phi) is 3.97. The molecule has 1 heterocycles. The highest BCUT2D eigenvalue weighted by Gasteiger charge is 2.28. The van der Waals surface area contributed by atoms with Gasteiger partial charge in [-0.15, -0.1) is 0 Å². The van der Waals surface area contributed by atoms with Crippen LogP contribution in [0.25, 0.3) is 10.8 Å². The molecule has 130 valence electrons. The molecule has 2 aliphatic rings. The van der Waals surface area contributed by atoms with E-state index in [0.717, 1.165) is 0 Å². The lowest BCUT2D eigenvalue weighted by Crippen LogP contribution is -2.49. The first-order valence-corrected chi connectivity index (χ1v) is 9.79. The molecule has 26 heavy (non-hydrogen) atoms. The van der Waals surface area contributed by atoms with Gasteiger partial charge in [0.2, 0.25) is 0 Å². The van der Waals surface area contributed by atoms with Gasteiger partial charge in [0.15, 0.2) is 0 Å². The molecule has 0 spiro atoms. The third-order valence-corrected chi connectivity index (χ3v) is 5.74. The van der Waals surface area contributed by atoms with E-state index in [1.165, 1.54) is 65.4 Å². The maximum Gasteiger partial charge on any atom is 0.408 e. The number of rotatable bonds is 3. The molecule has 0 unspecified atom stereocenters. The van der Waals surface area contributed by atoms with Gasteiger partial charge < -0.3 is 15.8 Å². The number of para-hydroxylation sites is 1. The Bertz CT molecular complexity index is 893. The minimum absolute atomic E-state index is 0.0720. The molecule has 0 aromatic heterocycles. The Balaban J connectivity index is 1.48. The summed E-state index contributed by atoms with van der Waals surface area (Å²) < 4.78 is 0. The second-order valence-corrected chi connectivity index (χ2v) is 7.50. The van der Waals surface area contributed by atoms with Gasteiger partial charge in [-0.25, -0.2) is 0 Å². The van der Waals surface area contributed by atoms with E-state index in [0.29, 0.717) is 6.04 Å². The van der Waals surface area contributed by atoms with E-state index < -0.39 is 0 Å². The molecule has 0 bridgehead atoms. The zero-order chi connectivity index (χ0) is 17.3. The Morgan fingerprint density at radius 2 is 1.46 bits per heavy atom. The lowest BCUT2D eigenvalue weighted by atomic mass is 9.65. The quantitative estimate of drug-likeness (QED) is 0.598. The van der Waals surface area contributed by atoms with Gasteiger partial charge in [0.1, 0.15) is 0 Å². The molecule has 1 fully saturated rings. The Morgan fingerprint density at radius 3 is 2.19 bits per heavy atom. The largest absolute Gasteiger partial charge is 0.408 e. The van der Waals surface area contributed by atoms with Crippen LogP contribution in [0.2, 0.25) is 0 Å². The van der Waals surface area contributed by atoms with E-state index in [9.17, 15) is 0 Å². The zero-order valence-corrected chi connectivity index (χ0v) is 15.0. The monoisotopic (exact) mass is 341 g/mol. The molecule has 4 heteroatoms. The van der Waals surface area contributed by atoms with Crippen molar-refractivity contribution >= 4 is 40.3 Å². The van der Waals surface area contributed by atoms with E-state index in [1.54, 1.807) is 0 Å². The fraction of sp³-hybridized carbons (Fsp3) is 0.273. The molecule has 1 aliphatic heterocycles. The van der Waals surface area contributed by atoms with E-state index in [-0.39, 0.29) is 6.98 Å². The third-order valence-electron chi connectivity index (χ3n) is 5.74. The number of benzene rings is 3. The van der Waals surface area contributed by atoms with E-state index in [2.05, 4.69) is 76.4 Å². The summed E-state index contributed by atoms with van der Waals surface area (Å²) in [6.07, 6.45) is 6.63. The van der Waals surface area contributed by atoms with Crippen LogP contribution in [0, 0.1) is 0 Å². The second kappa shape index (κ2) is 6.60. The first-order valence-electron chi connectivity index (χ1n) is 9.79. The summed E-state index contributed by atoms with van der Waals surface area (Å²) in [6, 6.07) is 22.3. The van der Waals surface area contributed by atoms with Crippen molar-refractivity contribution in [2.24, 2.45) is 0 Å². The topological polar surface area (TPSA) is 36.1 Å². The predicted octanol–water partition coefficient (Wildman–Crippen LogP) is 4.82. The van der Waals surface area contributed by atoms with Crippen LogP contribution >= 0.6 is 0 Å². The lowest BCUT2D eigenvalue weighted by Gasteiger charge is -2.30. The SMILES string of the molecule is c1ccc(B2Nc3cccc4cccc(c34)N2)c(NC2CCCCC2)c1. The highest BCUT2D eigenvalue weighted by atomic mass is 15.0. The van der Waals surface area contributed by atoms with Crippen molar-refractivity contribution in [2.45, 2.75) is 38.1 Å². The highest BCUT2D eigenvalue weighted by Crippen LogP contribution is 2.34. The zero-order valence-electron chi connectivity index (χ0n) is 15.0. The van der Waals surface area contributed by atoms with Gasteiger partial charge >= 0.3 is 6.98 Å². The summed E-state index contributed by atoms with van der Waals surface area (Å²) in [4.78, 5) is 0. The second-order valence-electron chi connectivity index (χ2n) is 7.50. The summed E-state index contributed by atoms with van der Waals surface area (Å²) in [6.45, 7) is 0.0720. The lowest BCUT2D eigenvalue weighted by molar-refractivity contribution is 0.463. The molecule has 3 aromatic carbocycles. The maximum atomic E-state index is 3.82. The Labute approximate surface area is 155 Å².